The van der Waals surface area contributed by atoms with Gasteiger partial charge in [-0.25, -0.2) is 8.42 Å². The van der Waals surface area contributed by atoms with Crippen molar-refractivity contribution in [2.24, 2.45) is 11.3 Å². The van der Waals surface area contributed by atoms with Crippen LogP contribution >= 0.6 is 24.0 Å². The van der Waals surface area contributed by atoms with Gasteiger partial charge in [-0.2, -0.15) is 4.31 Å². The van der Waals surface area contributed by atoms with E-state index < -0.39 is 10.0 Å². The Bertz CT molecular complexity index is 787. The van der Waals surface area contributed by atoms with Crippen LogP contribution in [-0.4, -0.2) is 62.8 Å². The van der Waals surface area contributed by atoms with Gasteiger partial charge in [-0.1, -0.05) is 11.6 Å². The van der Waals surface area contributed by atoms with Crippen molar-refractivity contribution in [1.29, 1.82) is 0 Å². The van der Waals surface area contributed by atoms with Crippen LogP contribution in [0.4, 0.5) is 0 Å². The van der Waals surface area contributed by atoms with Crippen LogP contribution in [0.15, 0.2) is 29.2 Å². The van der Waals surface area contributed by atoms with E-state index in [9.17, 15) is 13.2 Å². The number of nitrogens with zero attached hydrogens (tertiary/aromatic N) is 2. The molecule has 150 valence electrons. The average Bonchev–Trinajstić information content (AvgIpc) is 3.35. The van der Waals surface area contributed by atoms with Gasteiger partial charge in [-0.15, -0.1) is 12.4 Å². The van der Waals surface area contributed by atoms with Crippen LogP contribution in [0.5, 0.6) is 0 Å². The minimum Gasteiger partial charge on any atom is -0.340 e. The third-order valence-electron chi connectivity index (χ3n) is 6.09. The number of piperidine rings is 1. The molecule has 1 amide bonds. The van der Waals surface area contributed by atoms with E-state index >= 15 is 0 Å². The van der Waals surface area contributed by atoms with Gasteiger partial charge in [0, 0.05) is 37.1 Å². The number of benzene rings is 1. The summed E-state index contributed by atoms with van der Waals surface area (Å²) in [4.78, 5) is 14.9. The molecule has 1 N–H and O–H groups in total. The molecule has 1 unspecified atom stereocenters. The van der Waals surface area contributed by atoms with Gasteiger partial charge in [0.2, 0.25) is 15.9 Å². The molecule has 2 aliphatic heterocycles. The summed E-state index contributed by atoms with van der Waals surface area (Å²) in [7, 11) is -3.53. The highest BCUT2D eigenvalue weighted by molar-refractivity contribution is 7.89. The summed E-state index contributed by atoms with van der Waals surface area (Å²) in [5.41, 5.74) is 0.217. The largest absolute Gasteiger partial charge is 0.340 e. The van der Waals surface area contributed by atoms with Gasteiger partial charge in [0.1, 0.15) is 0 Å². The Morgan fingerprint density at radius 1 is 1.07 bits per heavy atom. The number of amides is 1. The zero-order valence-corrected chi connectivity index (χ0v) is 17.5. The van der Waals surface area contributed by atoms with Crippen molar-refractivity contribution in [3.63, 3.8) is 0 Å². The maximum absolute atomic E-state index is 12.8. The number of carbonyl (C=O) groups is 1. The molecule has 1 aliphatic carbocycles. The Balaban J connectivity index is 0.00000210. The molecular weight excluding hydrogens is 409 g/mol. The van der Waals surface area contributed by atoms with Crippen LogP contribution in [0.2, 0.25) is 5.02 Å². The Labute approximate surface area is 171 Å². The van der Waals surface area contributed by atoms with Gasteiger partial charge < -0.3 is 10.2 Å². The van der Waals surface area contributed by atoms with E-state index in [-0.39, 0.29) is 34.5 Å². The first-order valence-electron chi connectivity index (χ1n) is 9.18. The van der Waals surface area contributed by atoms with E-state index in [1.807, 2.05) is 4.90 Å². The minimum atomic E-state index is -3.53. The smallest absolute Gasteiger partial charge is 0.243 e. The van der Waals surface area contributed by atoms with Gasteiger partial charge in [0.05, 0.1) is 4.90 Å². The number of rotatable bonds is 3. The third-order valence-corrected chi connectivity index (χ3v) is 8.25. The molecule has 0 radical (unpaired) electrons. The Hall–Kier alpha value is -0.860. The molecule has 4 rings (SSSR count). The first-order chi connectivity index (χ1) is 12.4. The molecule has 0 aromatic heterocycles. The van der Waals surface area contributed by atoms with Gasteiger partial charge >= 0.3 is 0 Å². The highest BCUT2D eigenvalue weighted by Crippen LogP contribution is 2.59. The van der Waals surface area contributed by atoms with Gasteiger partial charge in [0.15, 0.2) is 0 Å². The fraction of sp³-hybridized carbons (Fsp3) is 0.611. The molecule has 1 saturated carbocycles. The number of hydrogen-bond acceptors (Lipinski definition) is 4. The fourth-order valence-electron chi connectivity index (χ4n) is 4.30. The van der Waals surface area contributed by atoms with Gasteiger partial charge in [0.25, 0.3) is 0 Å². The third kappa shape index (κ3) is 3.98. The molecule has 6 nitrogen and oxygen atoms in total. The van der Waals surface area contributed by atoms with Crippen LogP contribution in [-0.2, 0) is 14.8 Å². The molecule has 1 spiro atoms. The second kappa shape index (κ2) is 7.87. The monoisotopic (exact) mass is 433 g/mol. The average molecular weight is 434 g/mol. The summed E-state index contributed by atoms with van der Waals surface area (Å²) in [5, 5.41) is 3.86. The van der Waals surface area contributed by atoms with Crippen molar-refractivity contribution in [2.75, 3.05) is 39.3 Å². The fourth-order valence-corrected chi connectivity index (χ4v) is 5.85. The zero-order valence-electron chi connectivity index (χ0n) is 15.1. The first kappa shape index (κ1) is 20.9. The molecule has 27 heavy (non-hydrogen) atoms. The van der Waals surface area contributed by atoms with Crippen molar-refractivity contribution < 1.29 is 13.2 Å². The van der Waals surface area contributed by atoms with Gasteiger partial charge in [-0.3, -0.25) is 4.79 Å². The predicted molar refractivity (Wildman–Crippen MR) is 107 cm³/mol. The lowest BCUT2D eigenvalue weighted by molar-refractivity contribution is -0.134. The Morgan fingerprint density at radius 2 is 1.67 bits per heavy atom. The summed E-state index contributed by atoms with van der Waals surface area (Å²) in [6.45, 7) is 3.62. The molecule has 9 heteroatoms. The SMILES string of the molecule is Cl.O=C(C1CC12CCNCC2)N1CCN(S(=O)(=O)c2ccc(Cl)cc2)CC1. The topological polar surface area (TPSA) is 69.7 Å². The maximum Gasteiger partial charge on any atom is 0.243 e. The van der Waals surface area contributed by atoms with Crippen LogP contribution in [0.25, 0.3) is 0 Å². The summed E-state index contributed by atoms with van der Waals surface area (Å²) in [5.74, 6) is 0.361. The zero-order chi connectivity index (χ0) is 18.4. The van der Waals surface area contributed by atoms with E-state index in [2.05, 4.69) is 5.32 Å². The van der Waals surface area contributed by atoms with Crippen molar-refractivity contribution in [3.8, 4) is 0 Å². The number of nitrogens with one attached hydrogen (secondary N) is 1. The Kier molecular flexibility index (Phi) is 6.08. The normalized spacial score (nSPS) is 25.1. The highest BCUT2D eigenvalue weighted by Gasteiger charge is 2.58. The molecule has 1 aromatic rings. The first-order valence-corrected chi connectivity index (χ1v) is 11.0. The van der Waals surface area contributed by atoms with Crippen LogP contribution in [0, 0.1) is 11.3 Å². The molecule has 3 fully saturated rings. The molecule has 3 aliphatic rings. The second-order valence-electron chi connectivity index (χ2n) is 7.55. The molecular formula is C18H25Cl2N3O3S. The molecule has 2 heterocycles. The van der Waals surface area contributed by atoms with Gasteiger partial charge in [-0.05, 0) is 62.0 Å². The molecule has 0 bridgehead atoms. The number of carbonyl (C=O) groups excluding carboxylic acids is 1. The number of sulfonamides is 1. The number of hydrogen-bond donors (Lipinski definition) is 1. The predicted octanol–water partition coefficient (Wildman–Crippen LogP) is 1.98. The van der Waals surface area contributed by atoms with Crippen molar-refractivity contribution in [1.82, 2.24) is 14.5 Å². The van der Waals surface area contributed by atoms with Crippen molar-refractivity contribution in [3.05, 3.63) is 29.3 Å². The minimum absolute atomic E-state index is 0. The van der Waals surface area contributed by atoms with E-state index in [1.54, 1.807) is 12.1 Å². The number of piperazine rings is 1. The summed E-state index contributed by atoms with van der Waals surface area (Å²) in [6.07, 6.45) is 3.15. The number of halogens is 2. The van der Waals surface area contributed by atoms with E-state index in [4.69, 9.17) is 11.6 Å². The van der Waals surface area contributed by atoms with E-state index in [1.165, 1.54) is 16.4 Å². The lowest BCUT2D eigenvalue weighted by Gasteiger charge is -2.35. The summed E-state index contributed by atoms with van der Waals surface area (Å²) >= 11 is 5.84. The lowest BCUT2D eigenvalue weighted by Crippen LogP contribution is -2.51. The van der Waals surface area contributed by atoms with Crippen LogP contribution in [0.3, 0.4) is 0 Å². The molecule has 1 atom stereocenters. The van der Waals surface area contributed by atoms with Crippen molar-refractivity contribution >= 4 is 39.9 Å². The summed E-state index contributed by atoms with van der Waals surface area (Å²) in [6, 6.07) is 6.22. The second-order valence-corrected chi connectivity index (χ2v) is 9.93. The summed E-state index contributed by atoms with van der Waals surface area (Å²) < 4.78 is 26.9. The Morgan fingerprint density at radius 3 is 2.26 bits per heavy atom. The maximum atomic E-state index is 12.8. The molecule has 2 saturated heterocycles. The quantitative estimate of drug-likeness (QED) is 0.790. The van der Waals surface area contributed by atoms with E-state index in [0.29, 0.717) is 31.2 Å². The van der Waals surface area contributed by atoms with E-state index in [0.717, 1.165) is 32.4 Å². The van der Waals surface area contributed by atoms with Crippen LogP contribution < -0.4 is 5.32 Å². The molecule has 1 aromatic carbocycles. The lowest BCUT2D eigenvalue weighted by atomic mass is 9.91. The van der Waals surface area contributed by atoms with Crippen molar-refractivity contribution in [2.45, 2.75) is 24.2 Å². The highest BCUT2D eigenvalue weighted by atomic mass is 35.5. The van der Waals surface area contributed by atoms with Crippen LogP contribution in [0.1, 0.15) is 19.3 Å². The standard InChI is InChI=1S/C18H24ClN3O3S.ClH/c19-14-1-3-15(4-2-14)26(24,25)22-11-9-21(10-12-22)17(23)16-13-18(16)5-7-20-8-6-18;/h1-4,16,20H,5-13H2;1H.